The van der Waals surface area contributed by atoms with Gasteiger partial charge in [-0.2, -0.15) is 0 Å². The monoisotopic (exact) mass is 381 g/mol. The molecule has 0 bridgehead atoms. The summed E-state index contributed by atoms with van der Waals surface area (Å²) in [7, 11) is 0. The Hall–Kier alpha value is -0.200. The SMILES string of the molecule is CCCCCCCCCCCCCCCCCCCCCCCN=C=S. The van der Waals surface area contributed by atoms with Crippen LogP contribution in [-0.2, 0) is 0 Å². The average molecular weight is 382 g/mol. The zero-order chi connectivity index (χ0) is 19.0. The minimum atomic E-state index is 0.878. The van der Waals surface area contributed by atoms with Gasteiger partial charge in [-0.1, -0.05) is 135 Å². The van der Waals surface area contributed by atoms with Gasteiger partial charge >= 0.3 is 0 Å². The maximum absolute atomic E-state index is 4.56. The summed E-state index contributed by atoms with van der Waals surface area (Å²) < 4.78 is 0. The highest BCUT2D eigenvalue weighted by Crippen LogP contribution is 2.14. The van der Waals surface area contributed by atoms with E-state index in [1.54, 1.807) is 0 Å². The first-order valence-electron chi connectivity index (χ1n) is 12.0. The van der Waals surface area contributed by atoms with E-state index in [4.69, 9.17) is 0 Å². The average Bonchev–Trinajstić information content (AvgIpc) is 2.66. The van der Waals surface area contributed by atoms with E-state index >= 15 is 0 Å². The number of isothiocyanates is 1. The topological polar surface area (TPSA) is 12.4 Å². The van der Waals surface area contributed by atoms with Gasteiger partial charge in [0.1, 0.15) is 0 Å². The molecule has 0 aliphatic heterocycles. The van der Waals surface area contributed by atoms with Crippen LogP contribution < -0.4 is 0 Å². The second-order valence-corrected chi connectivity index (χ2v) is 8.23. The van der Waals surface area contributed by atoms with Crippen LogP contribution >= 0.6 is 12.2 Å². The van der Waals surface area contributed by atoms with Crippen molar-refractivity contribution in [2.45, 2.75) is 142 Å². The highest BCUT2D eigenvalue weighted by atomic mass is 32.1. The molecule has 0 aliphatic rings. The van der Waals surface area contributed by atoms with Gasteiger partial charge in [-0.3, -0.25) is 0 Å². The Morgan fingerprint density at radius 1 is 0.462 bits per heavy atom. The number of unbranched alkanes of at least 4 members (excludes halogenated alkanes) is 20. The van der Waals surface area contributed by atoms with Crippen molar-refractivity contribution < 1.29 is 0 Å². The Morgan fingerprint density at radius 2 is 0.731 bits per heavy atom. The molecule has 0 rings (SSSR count). The van der Waals surface area contributed by atoms with E-state index in [0.717, 1.165) is 6.54 Å². The van der Waals surface area contributed by atoms with E-state index in [2.05, 4.69) is 29.3 Å². The van der Waals surface area contributed by atoms with Crippen molar-refractivity contribution in [2.75, 3.05) is 6.54 Å². The maximum Gasteiger partial charge on any atom is 0.0584 e. The number of nitrogens with zero attached hydrogens (tertiary/aromatic N) is 1. The van der Waals surface area contributed by atoms with E-state index in [0.29, 0.717) is 0 Å². The van der Waals surface area contributed by atoms with Crippen LogP contribution in [0.5, 0.6) is 0 Å². The molecule has 0 aromatic heterocycles. The first-order chi connectivity index (χ1) is 12.9. The summed E-state index contributed by atoms with van der Waals surface area (Å²) in [4.78, 5) is 3.96. The molecule has 0 saturated heterocycles. The lowest BCUT2D eigenvalue weighted by Crippen LogP contribution is -1.85. The van der Waals surface area contributed by atoms with Gasteiger partial charge in [0.2, 0.25) is 0 Å². The Balaban J connectivity index is 2.97. The van der Waals surface area contributed by atoms with Crippen molar-refractivity contribution >= 4 is 17.4 Å². The van der Waals surface area contributed by atoms with E-state index in [-0.39, 0.29) is 0 Å². The molecule has 0 spiro atoms. The first kappa shape index (κ1) is 25.8. The third kappa shape index (κ3) is 23.8. The number of hydrogen-bond acceptors (Lipinski definition) is 2. The van der Waals surface area contributed by atoms with Gasteiger partial charge in [-0.05, 0) is 18.6 Å². The van der Waals surface area contributed by atoms with Gasteiger partial charge in [0.05, 0.1) is 5.16 Å². The molecule has 0 radical (unpaired) electrons. The predicted octanol–water partition coefficient (Wildman–Crippen LogP) is 9.30. The molecule has 1 nitrogen and oxygen atoms in total. The third-order valence-electron chi connectivity index (χ3n) is 5.44. The smallest absolute Gasteiger partial charge is 0.0584 e. The summed E-state index contributed by atoms with van der Waals surface area (Å²) >= 11 is 4.56. The summed E-state index contributed by atoms with van der Waals surface area (Å²) in [5.41, 5.74) is 0. The molecule has 26 heavy (non-hydrogen) atoms. The number of rotatable bonds is 22. The second kappa shape index (κ2) is 24.8. The lowest BCUT2D eigenvalue weighted by atomic mass is 10.0. The molecule has 0 amide bonds. The van der Waals surface area contributed by atoms with Crippen LogP contribution in [0.4, 0.5) is 0 Å². The van der Waals surface area contributed by atoms with Gasteiger partial charge in [0.15, 0.2) is 0 Å². The molecular weight excluding hydrogens is 334 g/mol. The summed E-state index contributed by atoms with van der Waals surface area (Å²) in [6.07, 6.45) is 30.0. The van der Waals surface area contributed by atoms with Crippen LogP contribution in [0.1, 0.15) is 142 Å². The van der Waals surface area contributed by atoms with Crippen molar-refractivity contribution in [1.29, 1.82) is 0 Å². The van der Waals surface area contributed by atoms with Gasteiger partial charge < -0.3 is 0 Å². The lowest BCUT2D eigenvalue weighted by molar-refractivity contribution is 0.520. The molecule has 154 valence electrons. The molecule has 0 aliphatic carbocycles. The highest BCUT2D eigenvalue weighted by molar-refractivity contribution is 7.78. The number of thiocarbonyl (C=S) groups is 1. The lowest BCUT2D eigenvalue weighted by Gasteiger charge is -2.04. The van der Waals surface area contributed by atoms with Crippen molar-refractivity contribution in [3.63, 3.8) is 0 Å². The van der Waals surface area contributed by atoms with Crippen LogP contribution in [0, 0.1) is 0 Å². The van der Waals surface area contributed by atoms with Gasteiger partial charge in [0, 0.05) is 6.54 Å². The predicted molar refractivity (Wildman–Crippen MR) is 123 cm³/mol. The Labute approximate surface area is 170 Å². The Morgan fingerprint density at radius 3 is 1.00 bits per heavy atom. The van der Waals surface area contributed by atoms with Gasteiger partial charge in [-0.15, -0.1) is 0 Å². The molecule has 0 atom stereocenters. The molecular formula is C24H47NS. The first-order valence-corrected chi connectivity index (χ1v) is 12.4. The molecule has 2 heteroatoms. The fourth-order valence-corrected chi connectivity index (χ4v) is 3.76. The van der Waals surface area contributed by atoms with Crippen LogP contribution in [-0.4, -0.2) is 11.7 Å². The van der Waals surface area contributed by atoms with E-state index in [1.165, 1.54) is 135 Å². The molecule has 0 aromatic rings. The van der Waals surface area contributed by atoms with Gasteiger partial charge in [0.25, 0.3) is 0 Å². The fraction of sp³-hybridized carbons (Fsp3) is 0.958. The largest absolute Gasteiger partial charge is 0.233 e. The van der Waals surface area contributed by atoms with E-state index in [9.17, 15) is 0 Å². The minimum Gasteiger partial charge on any atom is -0.233 e. The van der Waals surface area contributed by atoms with E-state index < -0.39 is 0 Å². The van der Waals surface area contributed by atoms with Crippen LogP contribution in [0.15, 0.2) is 4.99 Å². The second-order valence-electron chi connectivity index (χ2n) is 8.04. The van der Waals surface area contributed by atoms with Crippen molar-refractivity contribution in [2.24, 2.45) is 4.99 Å². The molecule has 0 heterocycles. The Kier molecular flexibility index (Phi) is 24.6. The van der Waals surface area contributed by atoms with Crippen molar-refractivity contribution in [1.82, 2.24) is 0 Å². The van der Waals surface area contributed by atoms with Crippen molar-refractivity contribution in [3.8, 4) is 0 Å². The molecule has 0 unspecified atom stereocenters. The summed E-state index contributed by atoms with van der Waals surface area (Å²) in [6, 6.07) is 0. The van der Waals surface area contributed by atoms with Gasteiger partial charge in [-0.25, -0.2) is 4.99 Å². The van der Waals surface area contributed by atoms with Crippen molar-refractivity contribution in [3.05, 3.63) is 0 Å². The maximum atomic E-state index is 4.56. The highest BCUT2D eigenvalue weighted by Gasteiger charge is 1.95. The molecule has 0 N–H and O–H groups in total. The fourth-order valence-electron chi connectivity index (χ4n) is 3.67. The summed E-state index contributed by atoms with van der Waals surface area (Å²) in [6.45, 7) is 3.17. The zero-order valence-electron chi connectivity index (χ0n) is 17.9. The third-order valence-corrected chi connectivity index (χ3v) is 5.57. The number of aliphatic imine (C=N–C) groups is 1. The molecule has 0 aromatic carbocycles. The Bertz CT molecular complexity index is 297. The summed E-state index contributed by atoms with van der Waals surface area (Å²) in [5.74, 6) is 0. The molecule has 0 fully saturated rings. The zero-order valence-corrected chi connectivity index (χ0v) is 18.7. The van der Waals surface area contributed by atoms with E-state index in [1.807, 2.05) is 0 Å². The number of hydrogen-bond donors (Lipinski definition) is 0. The standard InChI is InChI=1S/C24H47NS/c1-2-3-4-5-6-7-8-9-10-11-12-13-14-15-16-17-18-19-20-21-22-23-25-24-26/h2-23H2,1H3. The quantitative estimate of drug-likeness (QED) is 0.103. The van der Waals surface area contributed by atoms with Crippen LogP contribution in [0.3, 0.4) is 0 Å². The summed E-state index contributed by atoms with van der Waals surface area (Å²) in [5, 5.41) is 2.44. The minimum absolute atomic E-state index is 0.878. The van der Waals surface area contributed by atoms with Crippen LogP contribution in [0.25, 0.3) is 0 Å². The normalized spacial score (nSPS) is 10.8. The molecule has 0 saturated carbocycles. The van der Waals surface area contributed by atoms with Crippen LogP contribution in [0.2, 0.25) is 0 Å².